The summed E-state index contributed by atoms with van der Waals surface area (Å²) in [6.07, 6.45) is 3.69. The number of nitrogens with zero attached hydrogens (tertiary/aromatic N) is 5. The zero-order valence-electron chi connectivity index (χ0n) is 16.9. The zero-order valence-corrected chi connectivity index (χ0v) is 16.9. The van der Waals surface area contributed by atoms with Gasteiger partial charge in [0.1, 0.15) is 12.4 Å². The number of fused-ring (bicyclic) bond motifs is 1. The number of aryl methyl sites for hydroxylation is 1. The summed E-state index contributed by atoms with van der Waals surface area (Å²) in [5.74, 6) is 0.709. The van der Waals surface area contributed by atoms with Crippen molar-refractivity contribution in [2.24, 2.45) is 0 Å². The third-order valence-corrected chi connectivity index (χ3v) is 4.61. The van der Waals surface area contributed by atoms with E-state index in [0.29, 0.717) is 23.0 Å². The Balaban J connectivity index is 1.63. The molecule has 8 nitrogen and oxygen atoms in total. The molecule has 10 heteroatoms. The molecule has 0 aliphatic carbocycles. The van der Waals surface area contributed by atoms with Gasteiger partial charge >= 0.3 is 0 Å². The molecule has 0 fully saturated rings. The van der Waals surface area contributed by atoms with Gasteiger partial charge in [0.25, 0.3) is 6.43 Å². The van der Waals surface area contributed by atoms with E-state index >= 15 is 0 Å². The molecule has 31 heavy (non-hydrogen) atoms. The van der Waals surface area contributed by atoms with Gasteiger partial charge in [-0.1, -0.05) is 6.07 Å². The van der Waals surface area contributed by atoms with E-state index in [0.717, 1.165) is 26.8 Å². The van der Waals surface area contributed by atoms with Crippen molar-refractivity contribution in [3.05, 3.63) is 60.2 Å². The van der Waals surface area contributed by atoms with E-state index in [1.54, 1.807) is 19.3 Å². The fraction of sp³-hybridized carbons (Fsp3) is 0.190. The molecule has 158 valence electrons. The minimum absolute atomic E-state index is 0.266. The van der Waals surface area contributed by atoms with Crippen molar-refractivity contribution in [1.82, 2.24) is 24.7 Å². The molecule has 0 saturated heterocycles. The number of anilines is 4. The summed E-state index contributed by atoms with van der Waals surface area (Å²) >= 11 is 0. The van der Waals surface area contributed by atoms with Crippen LogP contribution in [0.25, 0.3) is 10.9 Å². The SMILES string of the molecule is CC(=N)c1cnc(Nc2cc3cccnc3cc2C)nc1Nc1cnn(CC(F)F)c1. The van der Waals surface area contributed by atoms with Crippen LogP contribution in [0.2, 0.25) is 0 Å². The highest BCUT2D eigenvalue weighted by atomic mass is 19.3. The minimum atomic E-state index is -2.50. The summed E-state index contributed by atoms with van der Waals surface area (Å²) in [6.45, 7) is 3.09. The molecule has 0 bridgehead atoms. The molecule has 0 amide bonds. The van der Waals surface area contributed by atoms with Gasteiger partial charge in [-0.05, 0) is 37.6 Å². The Bertz CT molecular complexity index is 1250. The first kappa shape index (κ1) is 20.3. The van der Waals surface area contributed by atoms with Gasteiger partial charge in [0, 0.05) is 35.4 Å². The number of hydrogen-bond donors (Lipinski definition) is 3. The van der Waals surface area contributed by atoms with Crippen LogP contribution in [0.1, 0.15) is 18.1 Å². The number of rotatable bonds is 7. The molecule has 0 unspecified atom stereocenters. The summed E-state index contributed by atoms with van der Waals surface area (Å²) in [4.78, 5) is 13.2. The maximum atomic E-state index is 12.6. The van der Waals surface area contributed by atoms with Gasteiger partial charge in [0.2, 0.25) is 5.95 Å². The van der Waals surface area contributed by atoms with Gasteiger partial charge in [0.05, 0.1) is 23.0 Å². The Kier molecular flexibility index (Phi) is 5.52. The lowest BCUT2D eigenvalue weighted by Crippen LogP contribution is -2.08. The summed E-state index contributed by atoms with van der Waals surface area (Å²) in [5.41, 5.74) is 3.94. The summed E-state index contributed by atoms with van der Waals surface area (Å²) in [5, 5.41) is 19.1. The first-order valence-electron chi connectivity index (χ1n) is 9.51. The quantitative estimate of drug-likeness (QED) is 0.374. The topological polar surface area (TPSA) is 104 Å². The van der Waals surface area contributed by atoms with Crippen molar-refractivity contribution >= 4 is 39.8 Å². The van der Waals surface area contributed by atoms with Crippen LogP contribution >= 0.6 is 0 Å². The van der Waals surface area contributed by atoms with Gasteiger partial charge in [-0.3, -0.25) is 9.67 Å². The molecular weight excluding hydrogens is 402 g/mol. The van der Waals surface area contributed by atoms with Gasteiger partial charge in [-0.2, -0.15) is 10.1 Å². The van der Waals surface area contributed by atoms with Gasteiger partial charge < -0.3 is 16.0 Å². The average molecular weight is 422 g/mol. The van der Waals surface area contributed by atoms with Crippen molar-refractivity contribution in [3.63, 3.8) is 0 Å². The Morgan fingerprint density at radius 2 is 2.03 bits per heavy atom. The Morgan fingerprint density at radius 1 is 1.19 bits per heavy atom. The summed E-state index contributed by atoms with van der Waals surface area (Å²) in [7, 11) is 0. The molecule has 0 radical (unpaired) electrons. The molecular formula is C21H20F2N8. The average Bonchev–Trinajstić information content (AvgIpc) is 3.14. The first-order valence-corrected chi connectivity index (χ1v) is 9.51. The fourth-order valence-electron chi connectivity index (χ4n) is 3.10. The van der Waals surface area contributed by atoms with E-state index in [2.05, 4.69) is 30.7 Å². The number of hydrogen-bond acceptors (Lipinski definition) is 7. The van der Waals surface area contributed by atoms with Crippen LogP contribution in [0.5, 0.6) is 0 Å². The molecule has 3 N–H and O–H groups in total. The fourth-order valence-corrected chi connectivity index (χ4v) is 3.10. The summed E-state index contributed by atoms with van der Waals surface area (Å²) < 4.78 is 26.3. The lowest BCUT2D eigenvalue weighted by molar-refractivity contribution is 0.122. The van der Waals surface area contributed by atoms with Crippen LogP contribution < -0.4 is 10.6 Å². The maximum absolute atomic E-state index is 12.6. The minimum Gasteiger partial charge on any atom is -0.337 e. The zero-order chi connectivity index (χ0) is 22.0. The van der Waals surface area contributed by atoms with Crippen molar-refractivity contribution in [2.45, 2.75) is 26.8 Å². The van der Waals surface area contributed by atoms with E-state index < -0.39 is 13.0 Å². The van der Waals surface area contributed by atoms with Crippen molar-refractivity contribution in [3.8, 4) is 0 Å². The molecule has 3 heterocycles. The maximum Gasteiger partial charge on any atom is 0.257 e. The largest absolute Gasteiger partial charge is 0.337 e. The number of alkyl halides is 2. The highest BCUT2D eigenvalue weighted by Crippen LogP contribution is 2.26. The predicted molar refractivity (Wildman–Crippen MR) is 116 cm³/mol. The van der Waals surface area contributed by atoms with Gasteiger partial charge in [-0.25, -0.2) is 13.8 Å². The highest BCUT2D eigenvalue weighted by molar-refractivity contribution is 6.01. The normalized spacial score (nSPS) is 11.1. The Labute approximate surface area is 176 Å². The van der Waals surface area contributed by atoms with E-state index in [9.17, 15) is 8.78 Å². The van der Waals surface area contributed by atoms with Crippen molar-refractivity contribution in [2.75, 3.05) is 10.6 Å². The smallest absolute Gasteiger partial charge is 0.257 e. The molecule has 4 aromatic rings. The van der Waals surface area contributed by atoms with Crippen LogP contribution in [0.15, 0.2) is 49.1 Å². The van der Waals surface area contributed by atoms with E-state index in [4.69, 9.17) is 5.41 Å². The van der Waals surface area contributed by atoms with Crippen LogP contribution in [0, 0.1) is 12.3 Å². The molecule has 1 aromatic carbocycles. The third-order valence-electron chi connectivity index (χ3n) is 4.61. The number of halogens is 2. The third kappa shape index (κ3) is 4.63. The van der Waals surface area contributed by atoms with Crippen LogP contribution in [-0.2, 0) is 6.54 Å². The molecule has 0 aliphatic rings. The second-order valence-corrected chi connectivity index (χ2v) is 7.04. The van der Waals surface area contributed by atoms with Crippen LogP contribution in [-0.4, -0.2) is 36.9 Å². The van der Waals surface area contributed by atoms with Crippen molar-refractivity contribution in [1.29, 1.82) is 5.41 Å². The number of benzene rings is 1. The lowest BCUT2D eigenvalue weighted by Gasteiger charge is -2.13. The highest BCUT2D eigenvalue weighted by Gasteiger charge is 2.13. The predicted octanol–water partition coefficient (Wildman–Crippen LogP) is 4.67. The van der Waals surface area contributed by atoms with Crippen LogP contribution in [0.3, 0.4) is 0 Å². The first-order chi connectivity index (χ1) is 14.9. The van der Waals surface area contributed by atoms with E-state index in [1.807, 2.05) is 31.2 Å². The van der Waals surface area contributed by atoms with Gasteiger partial charge in [-0.15, -0.1) is 0 Å². The molecule has 3 aromatic heterocycles. The lowest BCUT2D eigenvalue weighted by atomic mass is 10.1. The molecule has 0 atom stereocenters. The standard InChI is InChI=1S/C21H20F2N8/c1-12-6-18-14(4-3-5-25-18)7-17(12)29-21-26-9-16(13(2)24)20(30-21)28-15-8-27-31(10-15)11-19(22)23/h3-10,19,24H,11H2,1-2H3,(H2,26,28,29,30). The number of nitrogens with one attached hydrogen (secondary N) is 3. The monoisotopic (exact) mass is 422 g/mol. The van der Waals surface area contributed by atoms with Crippen LogP contribution in [0.4, 0.5) is 31.9 Å². The molecule has 0 aliphatic heterocycles. The summed E-state index contributed by atoms with van der Waals surface area (Å²) in [6, 6.07) is 7.79. The van der Waals surface area contributed by atoms with Crippen molar-refractivity contribution < 1.29 is 8.78 Å². The second kappa shape index (κ2) is 8.42. The molecule has 4 rings (SSSR count). The van der Waals surface area contributed by atoms with Gasteiger partial charge in [0.15, 0.2) is 0 Å². The van der Waals surface area contributed by atoms with E-state index in [-0.39, 0.29) is 5.71 Å². The molecule has 0 spiro atoms. The Hall–Kier alpha value is -3.95. The second-order valence-electron chi connectivity index (χ2n) is 7.04. The number of pyridine rings is 1. The molecule has 0 saturated carbocycles. The number of aromatic nitrogens is 5. The van der Waals surface area contributed by atoms with E-state index in [1.165, 1.54) is 12.4 Å². The Morgan fingerprint density at radius 3 is 2.81 bits per heavy atom.